The van der Waals surface area contributed by atoms with Gasteiger partial charge in [0.05, 0.1) is 0 Å². The summed E-state index contributed by atoms with van der Waals surface area (Å²) in [5.74, 6) is 1.03. The third kappa shape index (κ3) is 4.10. The molecule has 3 aromatic rings. The van der Waals surface area contributed by atoms with Crippen LogP contribution in [0.4, 0.5) is 5.13 Å². The average Bonchev–Trinajstić information content (AvgIpc) is 3.22. The Balaban J connectivity index is 1.60. The van der Waals surface area contributed by atoms with Gasteiger partial charge in [0.2, 0.25) is 0 Å². The molecule has 0 saturated carbocycles. The zero-order valence-corrected chi connectivity index (χ0v) is 14.5. The Hall–Kier alpha value is -3.00. The van der Waals surface area contributed by atoms with Gasteiger partial charge in [0.1, 0.15) is 23.9 Å². The monoisotopic (exact) mass is 356 g/mol. The van der Waals surface area contributed by atoms with Gasteiger partial charge in [-0.1, -0.05) is 0 Å². The summed E-state index contributed by atoms with van der Waals surface area (Å²) in [6.45, 7) is 1.78. The minimum absolute atomic E-state index is 0.133. The quantitative estimate of drug-likeness (QED) is 0.686. The number of benzene rings is 1. The maximum Gasteiger partial charge on any atom is 0.257 e. The van der Waals surface area contributed by atoms with E-state index in [-0.39, 0.29) is 11.7 Å². The molecule has 0 unspecified atom stereocenters. The summed E-state index contributed by atoms with van der Waals surface area (Å²) in [5.41, 5.74) is 0.822. The molecule has 0 fully saturated rings. The number of nitrogens with zero attached hydrogens (tertiary/aromatic N) is 3. The third-order valence-corrected chi connectivity index (χ3v) is 4.25. The van der Waals surface area contributed by atoms with E-state index in [1.54, 1.807) is 35.8 Å². The lowest BCUT2D eigenvalue weighted by molar-refractivity contribution is 0.100. The van der Waals surface area contributed by atoms with E-state index in [1.165, 1.54) is 18.3 Å². The number of thiazole rings is 1. The Bertz CT molecular complexity index is 899. The number of ketones is 1. The number of ether oxygens (including phenoxy) is 1. The van der Waals surface area contributed by atoms with Crippen LogP contribution in [-0.2, 0) is 13.7 Å². The number of carbonyl (C=O) groups excluding carboxylic acids is 2. The Labute approximate surface area is 148 Å². The normalized spacial score (nSPS) is 10.5. The average molecular weight is 356 g/mol. The number of imidazole rings is 1. The molecule has 0 spiro atoms. The summed E-state index contributed by atoms with van der Waals surface area (Å²) in [7, 11) is 1.90. The lowest BCUT2D eigenvalue weighted by atomic mass is 10.2. The predicted molar refractivity (Wildman–Crippen MR) is 94.1 cm³/mol. The van der Waals surface area contributed by atoms with Gasteiger partial charge in [-0.25, -0.2) is 9.97 Å². The van der Waals surface area contributed by atoms with Gasteiger partial charge in [0, 0.05) is 37.3 Å². The number of nitrogens with one attached hydrogen (secondary N) is 1. The molecule has 3 rings (SSSR count). The van der Waals surface area contributed by atoms with E-state index in [1.807, 2.05) is 17.8 Å². The zero-order valence-electron chi connectivity index (χ0n) is 13.7. The fraction of sp³-hybridized carbons (Fsp3) is 0.176. The first-order valence-electron chi connectivity index (χ1n) is 7.50. The fourth-order valence-corrected chi connectivity index (χ4v) is 2.79. The molecule has 2 heterocycles. The van der Waals surface area contributed by atoms with Crippen molar-refractivity contribution in [2.75, 3.05) is 5.32 Å². The molecule has 0 saturated heterocycles. The molecule has 1 aromatic carbocycles. The summed E-state index contributed by atoms with van der Waals surface area (Å²) in [4.78, 5) is 31.7. The van der Waals surface area contributed by atoms with Crippen LogP contribution in [0.25, 0.3) is 0 Å². The number of carbonyl (C=O) groups is 2. The number of hydrogen-bond acceptors (Lipinski definition) is 6. The fourth-order valence-electron chi connectivity index (χ4n) is 2.05. The highest BCUT2D eigenvalue weighted by Gasteiger charge is 2.11. The van der Waals surface area contributed by atoms with E-state index < -0.39 is 0 Å². The highest BCUT2D eigenvalue weighted by atomic mass is 32.1. The van der Waals surface area contributed by atoms with Gasteiger partial charge in [-0.3, -0.25) is 14.9 Å². The van der Waals surface area contributed by atoms with Crippen molar-refractivity contribution < 1.29 is 14.3 Å². The Morgan fingerprint density at radius 1 is 1.28 bits per heavy atom. The molecule has 1 N–H and O–H groups in total. The second-order valence-corrected chi connectivity index (χ2v) is 6.17. The second kappa shape index (κ2) is 7.27. The van der Waals surface area contributed by atoms with Crippen molar-refractivity contribution in [3.8, 4) is 5.75 Å². The largest absolute Gasteiger partial charge is 0.486 e. The molecule has 8 heteroatoms. The van der Waals surface area contributed by atoms with Crippen molar-refractivity contribution in [2.24, 2.45) is 7.05 Å². The maximum atomic E-state index is 12.2. The molecule has 0 bridgehead atoms. The van der Waals surface area contributed by atoms with Crippen molar-refractivity contribution in [1.29, 1.82) is 0 Å². The van der Waals surface area contributed by atoms with Gasteiger partial charge < -0.3 is 9.30 Å². The first-order valence-corrected chi connectivity index (χ1v) is 8.38. The number of anilines is 1. The van der Waals surface area contributed by atoms with Gasteiger partial charge >= 0.3 is 0 Å². The van der Waals surface area contributed by atoms with Crippen molar-refractivity contribution in [2.45, 2.75) is 13.5 Å². The van der Waals surface area contributed by atoms with Crippen LogP contribution in [0.1, 0.15) is 33.6 Å². The molecule has 128 valence electrons. The molecule has 2 aromatic heterocycles. The Morgan fingerprint density at radius 3 is 2.64 bits per heavy atom. The van der Waals surface area contributed by atoms with Crippen LogP contribution in [0, 0.1) is 0 Å². The molecule has 0 aliphatic carbocycles. The van der Waals surface area contributed by atoms with Gasteiger partial charge in [0.15, 0.2) is 10.9 Å². The summed E-state index contributed by atoms with van der Waals surface area (Å²) in [6.07, 6.45) is 3.56. The van der Waals surface area contributed by atoms with E-state index in [4.69, 9.17) is 4.74 Å². The molecule has 0 radical (unpaired) electrons. The summed E-state index contributed by atoms with van der Waals surface area (Å²) in [5, 5.41) is 4.69. The second-order valence-electron chi connectivity index (χ2n) is 5.32. The highest BCUT2D eigenvalue weighted by Crippen LogP contribution is 2.18. The van der Waals surface area contributed by atoms with E-state index in [0.717, 1.165) is 5.82 Å². The zero-order chi connectivity index (χ0) is 17.8. The first kappa shape index (κ1) is 16.8. The van der Waals surface area contributed by atoms with Gasteiger partial charge in [0.25, 0.3) is 5.91 Å². The van der Waals surface area contributed by atoms with Gasteiger partial charge in [-0.05, 0) is 24.3 Å². The van der Waals surface area contributed by atoms with Gasteiger partial charge in [-0.15, -0.1) is 11.3 Å². The van der Waals surface area contributed by atoms with Crippen LogP contribution >= 0.6 is 11.3 Å². The minimum atomic E-state index is -0.292. The molecular formula is C17H16N4O3S. The lowest BCUT2D eigenvalue weighted by Crippen LogP contribution is -2.12. The topological polar surface area (TPSA) is 86.1 Å². The Kier molecular flexibility index (Phi) is 4.90. The summed E-state index contributed by atoms with van der Waals surface area (Å²) >= 11 is 1.21. The molecule has 25 heavy (non-hydrogen) atoms. The van der Waals surface area contributed by atoms with Crippen molar-refractivity contribution in [3.63, 3.8) is 0 Å². The molecule has 1 amide bonds. The van der Waals surface area contributed by atoms with Crippen LogP contribution in [0.5, 0.6) is 5.75 Å². The first-order chi connectivity index (χ1) is 12.0. The number of amides is 1. The number of Topliss-reactive ketones (excluding diaryl/α,β-unsaturated/α-hetero) is 1. The molecule has 0 aliphatic rings. The van der Waals surface area contributed by atoms with E-state index >= 15 is 0 Å². The van der Waals surface area contributed by atoms with Crippen molar-refractivity contribution in [1.82, 2.24) is 14.5 Å². The van der Waals surface area contributed by atoms with Crippen molar-refractivity contribution >= 4 is 28.2 Å². The number of rotatable bonds is 6. The third-order valence-electron chi connectivity index (χ3n) is 3.49. The van der Waals surface area contributed by atoms with Gasteiger partial charge in [-0.2, -0.15) is 0 Å². The number of aromatic nitrogens is 3. The SMILES string of the molecule is CC(=O)c1csc(NC(=O)c2ccc(OCc3nccn3C)cc2)n1. The number of hydrogen-bond donors (Lipinski definition) is 1. The summed E-state index contributed by atoms with van der Waals surface area (Å²) < 4.78 is 7.53. The lowest BCUT2D eigenvalue weighted by Gasteiger charge is -2.07. The molecule has 7 nitrogen and oxygen atoms in total. The van der Waals surface area contributed by atoms with E-state index in [9.17, 15) is 9.59 Å². The van der Waals surface area contributed by atoms with E-state index in [0.29, 0.717) is 28.7 Å². The Morgan fingerprint density at radius 2 is 2.04 bits per heavy atom. The van der Waals surface area contributed by atoms with Crippen LogP contribution in [0.15, 0.2) is 42.0 Å². The highest BCUT2D eigenvalue weighted by molar-refractivity contribution is 7.14. The minimum Gasteiger partial charge on any atom is -0.486 e. The predicted octanol–water partition coefficient (Wildman–Crippen LogP) is 2.91. The van der Waals surface area contributed by atoms with Crippen molar-refractivity contribution in [3.05, 3.63) is 59.1 Å². The summed E-state index contributed by atoms with van der Waals surface area (Å²) in [6, 6.07) is 6.78. The van der Waals surface area contributed by atoms with Crippen LogP contribution < -0.4 is 10.1 Å². The number of aryl methyl sites for hydroxylation is 1. The van der Waals surface area contributed by atoms with Crippen LogP contribution in [0.2, 0.25) is 0 Å². The van der Waals surface area contributed by atoms with E-state index in [2.05, 4.69) is 15.3 Å². The van der Waals surface area contributed by atoms with Crippen LogP contribution in [0.3, 0.4) is 0 Å². The maximum absolute atomic E-state index is 12.2. The smallest absolute Gasteiger partial charge is 0.257 e. The standard InChI is InChI=1S/C17H16N4O3S/c1-11(22)14-10-25-17(19-14)20-16(23)12-3-5-13(6-4-12)24-9-15-18-7-8-21(15)2/h3-8,10H,9H2,1-2H3,(H,19,20,23). The van der Waals surface area contributed by atoms with Crippen LogP contribution in [-0.4, -0.2) is 26.2 Å². The molecular weight excluding hydrogens is 340 g/mol. The molecule has 0 atom stereocenters. The molecule has 0 aliphatic heterocycles.